The molecule has 1 unspecified atom stereocenters. The van der Waals surface area contributed by atoms with E-state index in [1.165, 1.54) is 0 Å². The number of rotatable bonds is 3. The number of hydrogen-bond donors (Lipinski definition) is 0. The number of quaternary nitrogens is 1. The molecule has 0 spiro atoms. The fourth-order valence-corrected chi connectivity index (χ4v) is 3.46. The van der Waals surface area contributed by atoms with E-state index in [0.29, 0.717) is 27.6 Å². The zero-order valence-corrected chi connectivity index (χ0v) is 15.3. The second-order valence-electron chi connectivity index (χ2n) is 6.39. The summed E-state index contributed by atoms with van der Waals surface area (Å²) in [4.78, 5) is 12.4. The molecule has 5 heteroatoms. The minimum atomic E-state index is -0.701. The second-order valence-corrected chi connectivity index (χ2v) is 7.27. The standard InChI is InChI=1S/C19H20Cl2NO2/c1-3-22(2)13-19(24-12-18(22)23,14-4-8-16(20)9-5-14)15-6-10-17(21)11-7-15/h4-11H,3,12-13H2,1-2H3/q+1. The van der Waals surface area contributed by atoms with E-state index < -0.39 is 5.60 Å². The van der Waals surface area contributed by atoms with Crippen molar-refractivity contribution >= 4 is 29.1 Å². The van der Waals surface area contributed by atoms with Crippen molar-refractivity contribution in [1.29, 1.82) is 0 Å². The maximum absolute atomic E-state index is 12.4. The highest BCUT2D eigenvalue weighted by molar-refractivity contribution is 6.30. The van der Waals surface area contributed by atoms with Crippen molar-refractivity contribution in [3.05, 3.63) is 69.7 Å². The van der Waals surface area contributed by atoms with Crippen LogP contribution >= 0.6 is 23.2 Å². The molecule has 24 heavy (non-hydrogen) atoms. The number of hydrogen-bond acceptors (Lipinski definition) is 2. The van der Waals surface area contributed by atoms with Gasteiger partial charge in [0.05, 0.1) is 13.6 Å². The number of morpholine rings is 1. The molecule has 0 saturated carbocycles. The summed E-state index contributed by atoms with van der Waals surface area (Å²) < 4.78 is 6.50. The molecule has 0 aliphatic carbocycles. The van der Waals surface area contributed by atoms with Gasteiger partial charge in [-0.25, -0.2) is 4.79 Å². The highest BCUT2D eigenvalue weighted by Crippen LogP contribution is 2.40. The topological polar surface area (TPSA) is 26.3 Å². The van der Waals surface area contributed by atoms with Gasteiger partial charge in [0.2, 0.25) is 0 Å². The number of carbonyl (C=O) groups is 1. The van der Waals surface area contributed by atoms with Crippen LogP contribution in [0, 0.1) is 0 Å². The highest BCUT2D eigenvalue weighted by Gasteiger charge is 2.50. The zero-order chi connectivity index (χ0) is 17.4. The highest BCUT2D eigenvalue weighted by atomic mass is 35.5. The molecule has 3 nitrogen and oxygen atoms in total. The first-order chi connectivity index (χ1) is 11.4. The Kier molecular flexibility index (Phi) is 4.71. The Balaban J connectivity index is 2.16. The summed E-state index contributed by atoms with van der Waals surface area (Å²) in [7, 11) is 1.96. The third-order valence-corrected chi connectivity index (χ3v) is 5.44. The first-order valence-corrected chi connectivity index (χ1v) is 8.69. The molecule has 0 N–H and O–H groups in total. The van der Waals surface area contributed by atoms with Gasteiger partial charge in [-0.05, 0) is 42.3 Å². The Morgan fingerprint density at radius 2 is 1.46 bits per heavy atom. The normalized spacial score (nSPS) is 23.2. The van der Waals surface area contributed by atoms with Crippen LogP contribution in [-0.2, 0) is 15.1 Å². The molecule has 0 aromatic heterocycles. The Bertz CT molecular complexity index is 697. The van der Waals surface area contributed by atoms with Gasteiger partial charge in [-0.2, -0.15) is 0 Å². The van der Waals surface area contributed by atoms with E-state index in [1.54, 1.807) is 0 Å². The molecule has 2 aromatic rings. The lowest BCUT2D eigenvalue weighted by Crippen LogP contribution is -2.63. The van der Waals surface area contributed by atoms with Gasteiger partial charge in [0, 0.05) is 10.0 Å². The summed E-state index contributed by atoms with van der Waals surface area (Å²) >= 11 is 12.1. The molecule has 1 heterocycles. The summed E-state index contributed by atoms with van der Waals surface area (Å²) in [5.74, 6) is 0.0936. The number of benzene rings is 2. The quantitative estimate of drug-likeness (QED) is 0.760. The molecule has 126 valence electrons. The number of carbonyl (C=O) groups excluding carboxylic acids is 1. The predicted octanol–water partition coefficient (Wildman–Crippen LogP) is 4.26. The van der Waals surface area contributed by atoms with Crippen LogP contribution in [0.5, 0.6) is 0 Å². The molecule has 1 saturated heterocycles. The lowest BCUT2D eigenvalue weighted by Gasteiger charge is -2.45. The van der Waals surface area contributed by atoms with Gasteiger partial charge in [0.15, 0.2) is 12.2 Å². The van der Waals surface area contributed by atoms with Crippen molar-refractivity contribution in [2.45, 2.75) is 12.5 Å². The molecular weight excluding hydrogens is 345 g/mol. The smallest absolute Gasteiger partial charge is 0.339 e. The largest absolute Gasteiger partial charge is 0.345 e. The van der Waals surface area contributed by atoms with Gasteiger partial charge in [0.25, 0.3) is 0 Å². The molecule has 2 aromatic carbocycles. The Hall–Kier alpha value is -1.39. The van der Waals surface area contributed by atoms with Crippen LogP contribution in [0.25, 0.3) is 0 Å². The van der Waals surface area contributed by atoms with Gasteiger partial charge in [0.1, 0.15) is 6.54 Å². The van der Waals surface area contributed by atoms with Crippen LogP contribution in [0.15, 0.2) is 48.5 Å². The van der Waals surface area contributed by atoms with Crippen LogP contribution < -0.4 is 0 Å². The van der Waals surface area contributed by atoms with Gasteiger partial charge in [-0.1, -0.05) is 47.5 Å². The maximum atomic E-state index is 12.4. The third kappa shape index (κ3) is 2.98. The minimum absolute atomic E-state index is 0.0790. The molecule has 1 amide bonds. The van der Waals surface area contributed by atoms with Crippen molar-refractivity contribution < 1.29 is 14.0 Å². The predicted molar refractivity (Wildman–Crippen MR) is 96.2 cm³/mol. The molecular formula is C19H20Cl2NO2+. The molecule has 0 bridgehead atoms. The molecule has 3 rings (SSSR count). The Labute approximate surface area is 152 Å². The molecule has 1 aliphatic heterocycles. The summed E-state index contributed by atoms with van der Waals surface area (Å²) in [5.41, 5.74) is 1.27. The molecule has 1 fully saturated rings. The summed E-state index contributed by atoms with van der Waals surface area (Å²) in [6.07, 6.45) is 0. The summed E-state index contributed by atoms with van der Waals surface area (Å²) in [6, 6.07) is 15.3. The molecule has 1 atom stereocenters. The average Bonchev–Trinajstić information content (AvgIpc) is 2.59. The monoisotopic (exact) mass is 364 g/mol. The minimum Gasteiger partial charge on any atom is -0.345 e. The van der Waals surface area contributed by atoms with E-state index in [-0.39, 0.29) is 12.5 Å². The van der Waals surface area contributed by atoms with Gasteiger partial charge < -0.3 is 4.74 Å². The Morgan fingerprint density at radius 3 is 1.88 bits per heavy atom. The van der Waals surface area contributed by atoms with Crippen molar-refractivity contribution in [3.63, 3.8) is 0 Å². The van der Waals surface area contributed by atoms with Crippen LogP contribution in [0.4, 0.5) is 0 Å². The number of nitrogens with zero attached hydrogens (tertiary/aromatic N) is 1. The zero-order valence-electron chi connectivity index (χ0n) is 13.8. The summed E-state index contributed by atoms with van der Waals surface area (Å²) in [6.45, 7) is 3.35. The van der Waals surface area contributed by atoms with E-state index in [9.17, 15) is 4.79 Å². The van der Waals surface area contributed by atoms with Gasteiger partial charge in [-0.15, -0.1) is 0 Å². The number of likely N-dealkylation sites (N-methyl/N-ethyl adjacent to an activating group) is 1. The molecule has 0 radical (unpaired) electrons. The Morgan fingerprint density at radius 1 is 1.00 bits per heavy atom. The lowest BCUT2D eigenvalue weighted by atomic mass is 9.83. The van der Waals surface area contributed by atoms with E-state index in [2.05, 4.69) is 0 Å². The first kappa shape index (κ1) is 17.4. The van der Waals surface area contributed by atoms with E-state index >= 15 is 0 Å². The van der Waals surface area contributed by atoms with E-state index in [0.717, 1.165) is 11.1 Å². The molecule has 1 aliphatic rings. The summed E-state index contributed by atoms with van der Waals surface area (Å²) in [5, 5.41) is 1.34. The first-order valence-electron chi connectivity index (χ1n) is 7.94. The fourth-order valence-electron chi connectivity index (χ4n) is 3.21. The third-order valence-electron chi connectivity index (χ3n) is 4.93. The SMILES string of the molecule is CC[N+]1(C)CC(c2ccc(Cl)cc2)(c2ccc(Cl)cc2)OCC1=O. The van der Waals surface area contributed by atoms with Crippen LogP contribution in [0.1, 0.15) is 18.1 Å². The fraction of sp³-hybridized carbons (Fsp3) is 0.316. The van der Waals surface area contributed by atoms with Crippen LogP contribution in [0.2, 0.25) is 10.0 Å². The number of ether oxygens (including phenoxy) is 1. The van der Waals surface area contributed by atoms with Crippen molar-refractivity contribution in [1.82, 2.24) is 0 Å². The average molecular weight is 365 g/mol. The van der Waals surface area contributed by atoms with Crippen molar-refractivity contribution in [2.75, 3.05) is 26.7 Å². The number of amides is 1. The van der Waals surface area contributed by atoms with Crippen molar-refractivity contribution in [3.8, 4) is 0 Å². The van der Waals surface area contributed by atoms with Crippen LogP contribution in [-0.4, -0.2) is 37.1 Å². The van der Waals surface area contributed by atoms with Gasteiger partial charge >= 0.3 is 5.91 Å². The number of halogens is 2. The lowest BCUT2D eigenvalue weighted by molar-refractivity contribution is -0.847. The van der Waals surface area contributed by atoms with Crippen LogP contribution in [0.3, 0.4) is 0 Å². The second kappa shape index (κ2) is 6.49. The van der Waals surface area contributed by atoms with Gasteiger partial charge in [-0.3, -0.25) is 4.48 Å². The van der Waals surface area contributed by atoms with Crippen molar-refractivity contribution in [2.24, 2.45) is 0 Å². The van der Waals surface area contributed by atoms with E-state index in [4.69, 9.17) is 27.9 Å². The van der Waals surface area contributed by atoms with E-state index in [1.807, 2.05) is 62.5 Å². The maximum Gasteiger partial charge on any atom is 0.339 e.